The van der Waals surface area contributed by atoms with Crippen molar-refractivity contribution < 1.29 is 13.5 Å². The molecule has 4 saturated heterocycles. The van der Waals surface area contributed by atoms with Crippen LogP contribution in [0, 0.1) is 17.2 Å². The number of pyridine rings is 2. The van der Waals surface area contributed by atoms with Gasteiger partial charge in [0.2, 0.25) is 5.88 Å². The summed E-state index contributed by atoms with van der Waals surface area (Å²) in [5, 5.41) is 14.2. The Balaban J connectivity index is 1.08. The number of aromatic nitrogens is 4. The lowest BCUT2D eigenvalue weighted by Gasteiger charge is -2.56. The van der Waals surface area contributed by atoms with Gasteiger partial charge in [-0.05, 0) is 23.6 Å². The van der Waals surface area contributed by atoms with Crippen LogP contribution in [0.1, 0.15) is 48.1 Å². The number of piperidine rings is 1. The largest absolute Gasteiger partial charge is 0.481 e. The van der Waals surface area contributed by atoms with E-state index in [1.54, 1.807) is 22.9 Å². The highest BCUT2D eigenvalue weighted by molar-refractivity contribution is 5.52. The molecule has 5 aliphatic heterocycles. The molecular formula is C30H32F2N8O. The number of methoxy groups -OCH3 is 1. The van der Waals surface area contributed by atoms with Crippen LogP contribution in [0.25, 0.3) is 6.20 Å². The second-order valence-electron chi connectivity index (χ2n) is 11.6. The number of nitrogens with zero attached hydrogens (tertiary/aromatic N) is 8. The monoisotopic (exact) mass is 558 g/mol. The van der Waals surface area contributed by atoms with Crippen LogP contribution in [-0.4, -0.2) is 80.8 Å². The summed E-state index contributed by atoms with van der Waals surface area (Å²) in [5.74, 6) is -1.47. The minimum Gasteiger partial charge on any atom is -0.481 e. The molecule has 0 aromatic carbocycles. The van der Waals surface area contributed by atoms with Crippen molar-refractivity contribution >= 4 is 12.0 Å². The van der Waals surface area contributed by atoms with Crippen LogP contribution in [0.4, 0.5) is 14.6 Å². The average Bonchev–Trinajstić information content (AvgIpc) is 3.58. The molecule has 4 fully saturated rings. The number of hydrogen-bond donors (Lipinski definition) is 0. The number of anilines is 1. The Kier molecular flexibility index (Phi) is 6.19. The molecule has 0 amide bonds. The number of likely N-dealkylation sites (tertiary alicyclic amines) is 1. The zero-order chi connectivity index (χ0) is 28.3. The van der Waals surface area contributed by atoms with E-state index in [-0.39, 0.29) is 24.8 Å². The normalized spacial score (nSPS) is 26.7. The van der Waals surface area contributed by atoms with E-state index in [0.29, 0.717) is 30.1 Å². The molecule has 0 N–H and O–H groups in total. The van der Waals surface area contributed by atoms with Gasteiger partial charge in [-0.1, -0.05) is 19.1 Å². The van der Waals surface area contributed by atoms with Gasteiger partial charge in [-0.25, -0.2) is 23.4 Å². The first-order valence-electron chi connectivity index (χ1n) is 14.1. The van der Waals surface area contributed by atoms with Crippen molar-refractivity contribution in [2.45, 2.75) is 50.2 Å². The number of alkyl halides is 2. The smallest absolute Gasteiger partial charge is 0.266 e. The fraction of sp³-hybridized carbons (Fsp3) is 0.467. The van der Waals surface area contributed by atoms with Crippen molar-refractivity contribution in [1.29, 1.82) is 5.26 Å². The van der Waals surface area contributed by atoms with E-state index in [0.717, 1.165) is 42.4 Å². The Hall–Kier alpha value is -4.04. The number of allylic oxidation sites excluding steroid dienone is 1. The van der Waals surface area contributed by atoms with Crippen molar-refractivity contribution in [3.8, 4) is 11.9 Å². The molecule has 212 valence electrons. The zero-order valence-corrected chi connectivity index (χ0v) is 23.1. The van der Waals surface area contributed by atoms with Gasteiger partial charge in [0.1, 0.15) is 11.9 Å². The van der Waals surface area contributed by atoms with Gasteiger partial charge < -0.3 is 14.5 Å². The third-order valence-electron chi connectivity index (χ3n) is 9.18. The molecule has 11 heteroatoms. The van der Waals surface area contributed by atoms with Gasteiger partial charge in [0.05, 0.1) is 31.1 Å². The summed E-state index contributed by atoms with van der Waals surface area (Å²) in [6, 6.07) is 11.3. The molecule has 0 spiro atoms. The summed E-state index contributed by atoms with van der Waals surface area (Å²) in [6.07, 6.45) is 8.17. The highest BCUT2D eigenvalue weighted by Gasteiger charge is 2.45. The van der Waals surface area contributed by atoms with E-state index in [9.17, 15) is 14.0 Å². The highest BCUT2D eigenvalue weighted by atomic mass is 19.3. The summed E-state index contributed by atoms with van der Waals surface area (Å²) < 4.78 is 35.1. The van der Waals surface area contributed by atoms with Crippen LogP contribution in [0.5, 0.6) is 5.88 Å². The van der Waals surface area contributed by atoms with Gasteiger partial charge in [-0.2, -0.15) is 10.4 Å². The lowest BCUT2D eigenvalue weighted by atomic mass is 9.80. The first kappa shape index (κ1) is 25.9. The summed E-state index contributed by atoms with van der Waals surface area (Å²) in [6.45, 7) is 4.75. The Morgan fingerprint density at radius 3 is 2.54 bits per heavy atom. The first-order valence-corrected chi connectivity index (χ1v) is 14.1. The summed E-state index contributed by atoms with van der Waals surface area (Å²) in [4.78, 5) is 15.9. The minimum atomic E-state index is -2.70. The number of fused-ring (bicyclic) bond motifs is 3. The van der Waals surface area contributed by atoms with E-state index in [2.05, 4.69) is 44.2 Å². The molecule has 3 aromatic heterocycles. The molecule has 4 atom stereocenters. The Morgan fingerprint density at radius 1 is 1.07 bits per heavy atom. The third-order valence-corrected chi connectivity index (χ3v) is 9.18. The van der Waals surface area contributed by atoms with Crippen molar-refractivity contribution in [3.63, 3.8) is 0 Å². The maximum atomic E-state index is 14.1. The van der Waals surface area contributed by atoms with Gasteiger partial charge >= 0.3 is 0 Å². The Morgan fingerprint density at radius 2 is 1.90 bits per heavy atom. The predicted molar refractivity (Wildman–Crippen MR) is 148 cm³/mol. The number of nitriles is 1. The maximum Gasteiger partial charge on any atom is 0.266 e. The molecule has 0 aliphatic carbocycles. The molecule has 8 heterocycles. The standard InChI is InChI=1S/C30H32F2N8O/c1-19-25(37-8-7-30(31,32)18-37)17-40-29(22(10-33)13-36-40)28(19)21-4-5-26(34-12-21)38-15-23-9-24(16-38)39(23)14-20-3-6-27(41-2)35-11-20/h3-6,11-13,17,19,23-24,28H,7-9,14-16,18H2,1-2H3. The number of rotatable bonds is 6. The van der Waals surface area contributed by atoms with Crippen molar-refractivity contribution in [2.24, 2.45) is 5.92 Å². The van der Waals surface area contributed by atoms with Crippen molar-refractivity contribution in [2.75, 3.05) is 38.2 Å². The summed E-state index contributed by atoms with van der Waals surface area (Å²) >= 11 is 0. The fourth-order valence-electron chi connectivity index (χ4n) is 7.03. The van der Waals surface area contributed by atoms with Gasteiger partial charge in [-0.15, -0.1) is 0 Å². The lowest BCUT2D eigenvalue weighted by Crippen LogP contribution is -2.68. The van der Waals surface area contributed by atoms with Crippen LogP contribution < -0.4 is 9.64 Å². The average molecular weight is 559 g/mol. The van der Waals surface area contributed by atoms with Gasteiger partial charge in [0.25, 0.3) is 5.92 Å². The zero-order valence-electron chi connectivity index (χ0n) is 23.1. The predicted octanol–water partition coefficient (Wildman–Crippen LogP) is 3.94. The van der Waals surface area contributed by atoms with E-state index in [1.807, 2.05) is 31.6 Å². The van der Waals surface area contributed by atoms with Gasteiger partial charge in [-0.3, -0.25) is 4.90 Å². The topological polar surface area (TPSA) is 86.3 Å². The quantitative estimate of drug-likeness (QED) is 0.450. The molecule has 5 aliphatic rings. The summed E-state index contributed by atoms with van der Waals surface area (Å²) in [5.41, 5.74) is 4.23. The molecule has 0 saturated carbocycles. The molecule has 4 unspecified atom stereocenters. The molecular weight excluding hydrogens is 526 g/mol. The van der Waals surface area contributed by atoms with Crippen LogP contribution in [-0.2, 0) is 6.54 Å². The lowest BCUT2D eigenvalue weighted by molar-refractivity contribution is -0.00877. The van der Waals surface area contributed by atoms with Crippen LogP contribution in [0.3, 0.4) is 0 Å². The number of piperazine rings is 1. The Bertz CT molecular complexity index is 1500. The van der Waals surface area contributed by atoms with Crippen molar-refractivity contribution in [3.05, 3.63) is 70.9 Å². The molecule has 2 bridgehead atoms. The molecule has 0 radical (unpaired) electrons. The van der Waals surface area contributed by atoms with Crippen LogP contribution in [0.2, 0.25) is 0 Å². The van der Waals surface area contributed by atoms with Crippen LogP contribution in [0.15, 0.2) is 48.6 Å². The SMILES string of the molecule is COc1ccc(CN2C3CC2CN(c2ccc(C4c5c(C#N)cnn5C=C(N5CCC(F)(F)C5)C4C)cn2)C3)cn1. The first-order chi connectivity index (χ1) is 19.8. The van der Waals surface area contributed by atoms with E-state index in [4.69, 9.17) is 9.72 Å². The highest BCUT2D eigenvalue weighted by Crippen LogP contribution is 2.44. The molecule has 9 nitrogen and oxygen atoms in total. The Labute approximate surface area is 237 Å². The minimum absolute atomic E-state index is 0.114. The number of halogens is 2. The van der Waals surface area contributed by atoms with Crippen LogP contribution >= 0.6 is 0 Å². The molecule has 8 rings (SSSR count). The van der Waals surface area contributed by atoms with E-state index in [1.165, 1.54) is 12.0 Å². The van der Waals surface area contributed by atoms with Crippen molar-refractivity contribution in [1.82, 2.24) is 29.5 Å². The molecule has 41 heavy (non-hydrogen) atoms. The third kappa shape index (κ3) is 4.50. The number of ether oxygens (including phenoxy) is 1. The van der Waals surface area contributed by atoms with E-state index < -0.39 is 5.92 Å². The fourth-order valence-corrected chi connectivity index (χ4v) is 7.03. The van der Waals surface area contributed by atoms with E-state index >= 15 is 0 Å². The number of hydrogen-bond acceptors (Lipinski definition) is 8. The van der Waals surface area contributed by atoms with Gasteiger partial charge in [0, 0.05) is 86.9 Å². The second kappa shape index (κ2) is 9.80. The maximum absolute atomic E-state index is 14.1. The summed E-state index contributed by atoms with van der Waals surface area (Å²) in [7, 11) is 1.62. The second-order valence-corrected chi connectivity index (χ2v) is 11.6. The van der Waals surface area contributed by atoms with Gasteiger partial charge in [0.15, 0.2) is 0 Å². The molecule has 3 aromatic rings.